The van der Waals surface area contributed by atoms with Crippen molar-refractivity contribution in [2.75, 3.05) is 24.2 Å². The van der Waals surface area contributed by atoms with E-state index in [0.29, 0.717) is 11.4 Å². The van der Waals surface area contributed by atoms with Crippen LogP contribution in [0.2, 0.25) is 0 Å². The Bertz CT molecular complexity index is 858. The number of nitrogens with one attached hydrogen (secondary N) is 3. The highest BCUT2D eigenvalue weighted by Crippen LogP contribution is 2.19. The lowest BCUT2D eigenvalue weighted by molar-refractivity contribution is -0.134. The van der Waals surface area contributed by atoms with Crippen molar-refractivity contribution in [3.05, 3.63) is 58.6 Å². The molecular weight excluding hydrogens is 424 g/mol. The van der Waals surface area contributed by atoms with E-state index in [1.54, 1.807) is 37.3 Å². The number of halogens is 1. The van der Waals surface area contributed by atoms with Crippen molar-refractivity contribution in [1.82, 2.24) is 10.2 Å². The molecule has 1 unspecified atom stereocenters. The molecule has 2 aromatic rings. The predicted octanol–water partition coefficient (Wildman–Crippen LogP) is 3.36. The van der Waals surface area contributed by atoms with E-state index >= 15 is 0 Å². The summed E-state index contributed by atoms with van der Waals surface area (Å²) in [6, 6.07) is 13.2. The van der Waals surface area contributed by atoms with Crippen LogP contribution in [0.5, 0.6) is 0 Å². The second-order valence-electron chi connectivity index (χ2n) is 6.39. The SMILES string of the molecule is Cc1cc(Br)ccc1NC(=O)CN(C)C(=O)C(C)NC(=O)Nc1ccccc1. The zero-order valence-electron chi connectivity index (χ0n) is 16.0. The molecule has 28 heavy (non-hydrogen) atoms. The molecule has 0 saturated heterocycles. The standard InChI is InChI=1S/C20H23BrN4O3/c1-13-11-15(21)9-10-17(13)24-18(26)12-25(3)19(27)14(2)22-20(28)23-16-7-5-4-6-8-16/h4-11,14H,12H2,1-3H3,(H,24,26)(H2,22,23,28). The molecule has 0 heterocycles. The molecule has 0 bridgehead atoms. The minimum atomic E-state index is -0.782. The topological polar surface area (TPSA) is 90.5 Å². The fraction of sp³-hybridized carbons (Fsp3) is 0.250. The monoisotopic (exact) mass is 446 g/mol. The normalized spacial score (nSPS) is 11.3. The Kier molecular flexibility index (Phi) is 7.57. The number of hydrogen-bond acceptors (Lipinski definition) is 3. The molecule has 0 saturated carbocycles. The first-order valence-corrected chi connectivity index (χ1v) is 9.49. The maximum atomic E-state index is 12.4. The second-order valence-corrected chi connectivity index (χ2v) is 7.30. The number of likely N-dealkylation sites (N-methyl/N-ethyl adjacent to an activating group) is 1. The van der Waals surface area contributed by atoms with E-state index in [0.717, 1.165) is 10.0 Å². The number of aryl methyl sites for hydroxylation is 1. The maximum absolute atomic E-state index is 12.4. The molecule has 7 nitrogen and oxygen atoms in total. The number of amides is 4. The van der Waals surface area contributed by atoms with E-state index in [1.165, 1.54) is 11.9 Å². The Labute approximate surface area is 172 Å². The fourth-order valence-corrected chi connectivity index (χ4v) is 3.00. The lowest BCUT2D eigenvalue weighted by Crippen LogP contribution is -2.48. The molecule has 0 aliphatic heterocycles. The van der Waals surface area contributed by atoms with Crippen molar-refractivity contribution in [3.63, 3.8) is 0 Å². The molecule has 4 amide bonds. The van der Waals surface area contributed by atoms with Gasteiger partial charge in [0.2, 0.25) is 11.8 Å². The zero-order chi connectivity index (χ0) is 20.7. The average molecular weight is 447 g/mol. The number of nitrogens with zero attached hydrogens (tertiary/aromatic N) is 1. The van der Waals surface area contributed by atoms with Gasteiger partial charge in [-0.25, -0.2) is 4.79 Å². The summed E-state index contributed by atoms with van der Waals surface area (Å²) in [6.45, 7) is 3.33. The van der Waals surface area contributed by atoms with Crippen LogP contribution < -0.4 is 16.0 Å². The van der Waals surface area contributed by atoms with Crippen molar-refractivity contribution >= 4 is 45.2 Å². The quantitative estimate of drug-likeness (QED) is 0.635. The van der Waals surface area contributed by atoms with Gasteiger partial charge in [0.1, 0.15) is 6.04 Å². The number of benzene rings is 2. The van der Waals surface area contributed by atoms with Crippen LogP contribution in [0.4, 0.5) is 16.2 Å². The van der Waals surface area contributed by atoms with Gasteiger partial charge >= 0.3 is 6.03 Å². The molecule has 8 heteroatoms. The Morgan fingerprint density at radius 3 is 2.39 bits per heavy atom. The molecule has 0 radical (unpaired) electrons. The van der Waals surface area contributed by atoms with E-state index < -0.39 is 12.1 Å². The summed E-state index contributed by atoms with van der Waals surface area (Å²) in [4.78, 5) is 37.9. The molecule has 0 fully saturated rings. The average Bonchev–Trinajstić information content (AvgIpc) is 2.64. The van der Waals surface area contributed by atoms with Crippen molar-refractivity contribution in [1.29, 1.82) is 0 Å². The number of hydrogen-bond donors (Lipinski definition) is 3. The molecule has 0 aliphatic rings. The minimum absolute atomic E-state index is 0.124. The van der Waals surface area contributed by atoms with Gasteiger partial charge in [-0.1, -0.05) is 34.1 Å². The molecule has 1 atom stereocenters. The summed E-state index contributed by atoms with van der Waals surface area (Å²) < 4.78 is 0.920. The lowest BCUT2D eigenvalue weighted by Gasteiger charge is -2.22. The first-order chi connectivity index (χ1) is 13.3. The van der Waals surface area contributed by atoms with Crippen LogP contribution in [0.25, 0.3) is 0 Å². The summed E-state index contributed by atoms with van der Waals surface area (Å²) in [7, 11) is 1.52. The van der Waals surface area contributed by atoms with Crippen LogP contribution in [-0.2, 0) is 9.59 Å². The number of carbonyl (C=O) groups is 3. The number of urea groups is 1. The number of anilines is 2. The van der Waals surface area contributed by atoms with Crippen LogP contribution in [0.1, 0.15) is 12.5 Å². The fourth-order valence-electron chi connectivity index (χ4n) is 2.53. The highest BCUT2D eigenvalue weighted by atomic mass is 79.9. The van der Waals surface area contributed by atoms with Gasteiger partial charge in [-0.15, -0.1) is 0 Å². The third kappa shape index (κ3) is 6.38. The minimum Gasteiger partial charge on any atom is -0.335 e. The Morgan fingerprint density at radius 1 is 1.07 bits per heavy atom. The van der Waals surface area contributed by atoms with E-state index in [9.17, 15) is 14.4 Å². The van der Waals surface area contributed by atoms with E-state index in [-0.39, 0.29) is 18.4 Å². The first-order valence-electron chi connectivity index (χ1n) is 8.70. The predicted molar refractivity (Wildman–Crippen MR) is 113 cm³/mol. The van der Waals surface area contributed by atoms with Crippen molar-refractivity contribution in [2.24, 2.45) is 0 Å². The molecular formula is C20H23BrN4O3. The van der Waals surface area contributed by atoms with Crippen molar-refractivity contribution in [2.45, 2.75) is 19.9 Å². The van der Waals surface area contributed by atoms with Gasteiger partial charge in [-0.3, -0.25) is 9.59 Å². The molecule has 0 spiro atoms. The second kappa shape index (κ2) is 9.89. The zero-order valence-corrected chi connectivity index (χ0v) is 17.5. The summed E-state index contributed by atoms with van der Waals surface area (Å²) >= 11 is 3.37. The van der Waals surface area contributed by atoms with E-state index in [1.807, 2.05) is 25.1 Å². The highest BCUT2D eigenvalue weighted by molar-refractivity contribution is 9.10. The van der Waals surface area contributed by atoms with Crippen molar-refractivity contribution < 1.29 is 14.4 Å². The highest BCUT2D eigenvalue weighted by Gasteiger charge is 2.21. The molecule has 3 N–H and O–H groups in total. The van der Waals surface area contributed by atoms with Gasteiger partial charge in [0.15, 0.2) is 0 Å². The lowest BCUT2D eigenvalue weighted by atomic mass is 10.2. The number of carbonyl (C=O) groups excluding carboxylic acids is 3. The van der Waals surface area contributed by atoms with E-state index in [2.05, 4.69) is 31.9 Å². The van der Waals surface area contributed by atoms with Gasteiger partial charge in [0.05, 0.1) is 6.54 Å². The number of rotatable bonds is 6. The Morgan fingerprint density at radius 2 is 1.75 bits per heavy atom. The third-order valence-electron chi connectivity index (χ3n) is 3.97. The number of para-hydroxylation sites is 1. The van der Waals surface area contributed by atoms with E-state index in [4.69, 9.17) is 0 Å². The van der Waals surface area contributed by atoms with Crippen LogP contribution in [0.15, 0.2) is 53.0 Å². The molecule has 2 rings (SSSR count). The van der Waals surface area contributed by atoms with Gasteiger partial charge < -0.3 is 20.9 Å². The van der Waals surface area contributed by atoms with Crippen molar-refractivity contribution in [3.8, 4) is 0 Å². The Balaban J connectivity index is 1.85. The summed E-state index contributed by atoms with van der Waals surface area (Å²) in [5, 5.41) is 8.00. The van der Waals surface area contributed by atoms with Crippen LogP contribution in [0, 0.1) is 6.92 Å². The summed E-state index contributed by atoms with van der Waals surface area (Å²) in [5.74, 6) is -0.687. The van der Waals surface area contributed by atoms with Gasteiger partial charge in [0.25, 0.3) is 0 Å². The van der Waals surface area contributed by atoms with Crippen LogP contribution in [-0.4, -0.2) is 42.4 Å². The molecule has 0 aromatic heterocycles. The van der Waals surface area contributed by atoms with Crippen LogP contribution in [0.3, 0.4) is 0 Å². The summed E-state index contributed by atoms with van der Waals surface area (Å²) in [6.07, 6.45) is 0. The smallest absolute Gasteiger partial charge is 0.319 e. The van der Waals surface area contributed by atoms with Crippen LogP contribution >= 0.6 is 15.9 Å². The van der Waals surface area contributed by atoms with Gasteiger partial charge in [-0.05, 0) is 49.7 Å². The Hall–Kier alpha value is -2.87. The largest absolute Gasteiger partial charge is 0.335 e. The summed E-state index contributed by atoms with van der Waals surface area (Å²) in [5.41, 5.74) is 2.21. The van der Waals surface area contributed by atoms with Gasteiger partial charge in [-0.2, -0.15) is 0 Å². The molecule has 0 aliphatic carbocycles. The maximum Gasteiger partial charge on any atom is 0.319 e. The molecule has 148 valence electrons. The first kappa shape index (κ1) is 21.4. The molecule has 2 aromatic carbocycles. The third-order valence-corrected chi connectivity index (χ3v) is 4.46. The van der Waals surface area contributed by atoms with Gasteiger partial charge in [0, 0.05) is 22.9 Å².